The van der Waals surface area contributed by atoms with Gasteiger partial charge >= 0.3 is 5.91 Å². The van der Waals surface area contributed by atoms with E-state index in [1.807, 2.05) is 5.43 Å². The second kappa shape index (κ2) is 5.45. The lowest BCUT2D eigenvalue weighted by molar-refractivity contribution is -0.128. The van der Waals surface area contributed by atoms with Gasteiger partial charge in [0.15, 0.2) is 5.76 Å². The Morgan fingerprint density at radius 3 is 2.95 bits per heavy atom. The molecular formula is C11H13N3O4S. The number of amides is 3. The van der Waals surface area contributed by atoms with E-state index in [1.54, 1.807) is 6.92 Å². The first-order valence-electron chi connectivity index (χ1n) is 5.60. The van der Waals surface area contributed by atoms with Gasteiger partial charge in [0, 0.05) is 17.7 Å². The third kappa shape index (κ3) is 2.79. The van der Waals surface area contributed by atoms with Crippen LogP contribution in [0.2, 0.25) is 0 Å². The molecule has 0 aromatic carbocycles. The molecule has 0 saturated carbocycles. The molecule has 7 nitrogen and oxygen atoms in total. The zero-order valence-electron chi connectivity index (χ0n) is 10.3. The van der Waals surface area contributed by atoms with Crippen LogP contribution in [0.5, 0.6) is 0 Å². The van der Waals surface area contributed by atoms with Crippen molar-refractivity contribution in [3.05, 3.63) is 23.2 Å². The van der Waals surface area contributed by atoms with Crippen LogP contribution in [0.25, 0.3) is 0 Å². The first-order chi connectivity index (χ1) is 9.02. The highest BCUT2D eigenvalue weighted by molar-refractivity contribution is 8.13. The Hall–Kier alpha value is -1.80. The molecule has 3 amide bonds. The van der Waals surface area contributed by atoms with Crippen LogP contribution in [0.4, 0.5) is 4.79 Å². The monoisotopic (exact) mass is 283 g/mol. The number of carbonyl (C=O) groups excluding carboxylic acids is 3. The van der Waals surface area contributed by atoms with E-state index >= 15 is 0 Å². The summed E-state index contributed by atoms with van der Waals surface area (Å²) in [5.41, 5.74) is 2.57. The number of nitrogen functional groups attached to an aromatic ring is 1. The first-order valence-corrected chi connectivity index (χ1v) is 6.59. The highest BCUT2D eigenvalue weighted by Gasteiger charge is 2.28. The number of nitrogens with one attached hydrogen (secondary N) is 1. The van der Waals surface area contributed by atoms with Crippen molar-refractivity contribution in [3.8, 4) is 0 Å². The van der Waals surface area contributed by atoms with Crippen molar-refractivity contribution in [1.82, 2.24) is 10.3 Å². The van der Waals surface area contributed by atoms with E-state index in [-0.39, 0.29) is 23.5 Å². The minimum atomic E-state index is -0.556. The van der Waals surface area contributed by atoms with Gasteiger partial charge in [-0.05, 0) is 13.0 Å². The molecule has 0 aliphatic carbocycles. The second-order valence-electron chi connectivity index (χ2n) is 4.01. The maximum atomic E-state index is 11.7. The van der Waals surface area contributed by atoms with E-state index in [0.29, 0.717) is 23.5 Å². The summed E-state index contributed by atoms with van der Waals surface area (Å²) in [6.45, 7) is 1.77. The van der Waals surface area contributed by atoms with E-state index in [9.17, 15) is 14.4 Å². The first kappa shape index (κ1) is 13.6. The molecule has 1 fully saturated rings. The average Bonchev–Trinajstić information content (AvgIpc) is 2.74. The van der Waals surface area contributed by atoms with Crippen molar-refractivity contribution in [3.63, 3.8) is 0 Å². The van der Waals surface area contributed by atoms with Crippen LogP contribution in [0, 0.1) is 6.92 Å². The van der Waals surface area contributed by atoms with Gasteiger partial charge in [0.2, 0.25) is 5.91 Å². The Morgan fingerprint density at radius 1 is 1.58 bits per heavy atom. The number of hydrogen-bond donors (Lipinski definition) is 2. The van der Waals surface area contributed by atoms with E-state index in [4.69, 9.17) is 10.3 Å². The highest BCUT2D eigenvalue weighted by Crippen LogP contribution is 2.23. The molecule has 0 unspecified atom stereocenters. The van der Waals surface area contributed by atoms with E-state index < -0.39 is 5.91 Å². The molecule has 1 aliphatic heterocycles. The van der Waals surface area contributed by atoms with Gasteiger partial charge in [-0.2, -0.15) is 0 Å². The van der Waals surface area contributed by atoms with Gasteiger partial charge in [-0.1, -0.05) is 11.8 Å². The minimum absolute atomic E-state index is 0.0551. The third-order valence-corrected chi connectivity index (χ3v) is 3.64. The molecule has 1 saturated heterocycles. The topological polar surface area (TPSA) is 106 Å². The summed E-state index contributed by atoms with van der Waals surface area (Å²) >= 11 is 1.11. The zero-order chi connectivity index (χ0) is 14.0. The normalized spacial score (nSPS) is 15.8. The molecule has 0 spiro atoms. The summed E-state index contributed by atoms with van der Waals surface area (Å²) in [6, 6.07) is 1.48. The second-order valence-corrected chi connectivity index (χ2v) is 5.06. The fraction of sp³-hybridized carbons (Fsp3) is 0.364. The number of hydrazine groups is 1. The largest absolute Gasteiger partial charge is 0.456 e. The van der Waals surface area contributed by atoms with Gasteiger partial charge in [-0.25, -0.2) is 5.84 Å². The van der Waals surface area contributed by atoms with Gasteiger partial charge in [0.1, 0.15) is 5.76 Å². The van der Waals surface area contributed by atoms with Crippen LogP contribution >= 0.6 is 11.8 Å². The van der Waals surface area contributed by atoms with Crippen LogP contribution < -0.4 is 11.3 Å². The lowest BCUT2D eigenvalue weighted by atomic mass is 10.2. The molecule has 1 aromatic rings. The molecule has 1 aliphatic rings. The predicted octanol–water partition coefficient (Wildman–Crippen LogP) is 0.777. The summed E-state index contributed by atoms with van der Waals surface area (Å²) in [4.78, 5) is 35.8. The van der Waals surface area contributed by atoms with Crippen molar-refractivity contribution >= 4 is 28.8 Å². The van der Waals surface area contributed by atoms with Crippen molar-refractivity contribution < 1.29 is 18.8 Å². The fourth-order valence-corrected chi connectivity index (χ4v) is 2.50. The average molecular weight is 283 g/mol. The van der Waals surface area contributed by atoms with Gasteiger partial charge in [0.05, 0.1) is 6.54 Å². The van der Waals surface area contributed by atoms with E-state index in [0.717, 1.165) is 16.7 Å². The Bertz CT molecular complexity index is 524. The quantitative estimate of drug-likeness (QED) is 0.482. The molecule has 102 valence electrons. The molecule has 2 rings (SSSR count). The van der Waals surface area contributed by atoms with E-state index in [1.165, 1.54) is 6.07 Å². The molecule has 0 bridgehead atoms. The van der Waals surface area contributed by atoms with Crippen LogP contribution in [0.3, 0.4) is 0 Å². The molecule has 0 atom stereocenters. The molecule has 0 radical (unpaired) electrons. The van der Waals surface area contributed by atoms with E-state index in [2.05, 4.69) is 0 Å². The van der Waals surface area contributed by atoms with Crippen molar-refractivity contribution in [2.45, 2.75) is 19.9 Å². The SMILES string of the molecule is Cc1oc(C(=O)NN)cc1CN1C(=O)CCSC1=O. The fourth-order valence-electron chi connectivity index (χ4n) is 1.72. The number of hydrogen-bond acceptors (Lipinski definition) is 6. The molecule has 8 heteroatoms. The number of imide groups is 1. The Labute approximate surface area is 113 Å². The Balaban J connectivity index is 2.18. The van der Waals surface area contributed by atoms with Crippen LogP contribution in [0.15, 0.2) is 10.5 Å². The van der Waals surface area contributed by atoms with Gasteiger partial charge in [-0.15, -0.1) is 0 Å². The summed E-state index contributed by atoms with van der Waals surface area (Å²) in [5.74, 6) is 5.29. The summed E-state index contributed by atoms with van der Waals surface area (Å²) in [6.07, 6.45) is 0.337. The van der Waals surface area contributed by atoms with Crippen LogP contribution in [-0.2, 0) is 11.3 Å². The molecular weight excluding hydrogens is 270 g/mol. The predicted molar refractivity (Wildman–Crippen MR) is 68.1 cm³/mol. The van der Waals surface area contributed by atoms with Crippen LogP contribution in [-0.4, -0.2) is 27.7 Å². The maximum absolute atomic E-state index is 11.7. The van der Waals surface area contributed by atoms with Crippen molar-refractivity contribution in [2.75, 3.05) is 5.75 Å². The number of nitrogens with two attached hydrogens (primary N) is 1. The van der Waals surface area contributed by atoms with Gasteiger partial charge < -0.3 is 4.42 Å². The molecule has 1 aromatic heterocycles. The number of nitrogens with zero attached hydrogens (tertiary/aromatic N) is 1. The number of thioether (sulfide) groups is 1. The lowest BCUT2D eigenvalue weighted by Gasteiger charge is -2.23. The third-order valence-electron chi connectivity index (χ3n) is 2.77. The standard InChI is InChI=1S/C11H13N3O4S/c1-6-7(4-8(18-6)10(16)13-12)5-14-9(15)2-3-19-11(14)17/h4H,2-3,5,12H2,1H3,(H,13,16). The maximum Gasteiger partial charge on any atom is 0.300 e. The summed E-state index contributed by atoms with van der Waals surface area (Å²) < 4.78 is 5.23. The molecule has 19 heavy (non-hydrogen) atoms. The number of carbonyl (C=O) groups is 3. The van der Waals surface area contributed by atoms with Crippen LogP contribution in [0.1, 0.15) is 28.3 Å². The van der Waals surface area contributed by atoms with Gasteiger partial charge in [-0.3, -0.25) is 24.7 Å². The van der Waals surface area contributed by atoms with Gasteiger partial charge in [0.25, 0.3) is 5.24 Å². The molecule has 2 heterocycles. The Kier molecular flexibility index (Phi) is 3.91. The molecule has 3 N–H and O–H groups in total. The number of furan rings is 1. The lowest BCUT2D eigenvalue weighted by Crippen LogP contribution is -2.37. The number of rotatable bonds is 3. The van der Waals surface area contributed by atoms with Crippen molar-refractivity contribution in [2.24, 2.45) is 5.84 Å². The Morgan fingerprint density at radius 2 is 2.32 bits per heavy atom. The zero-order valence-corrected chi connectivity index (χ0v) is 11.1. The highest BCUT2D eigenvalue weighted by atomic mass is 32.2. The van der Waals surface area contributed by atoms with Crippen molar-refractivity contribution in [1.29, 1.82) is 0 Å². The number of aryl methyl sites for hydroxylation is 1. The summed E-state index contributed by atoms with van der Waals surface area (Å²) in [7, 11) is 0. The minimum Gasteiger partial charge on any atom is -0.456 e. The summed E-state index contributed by atoms with van der Waals surface area (Å²) in [5, 5.41) is -0.276. The smallest absolute Gasteiger partial charge is 0.300 e.